The summed E-state index contributed by atoms with van der Waals surface area (Å²) >= 11 is 0. The number of hydrogen-bond acceptors (Lipinski definition) is 4. The number of nitrogens with one attached hydrogen (secondary N) is 4. The molecule has 10 heteroatoms. The maximum Gasteiger partial charge on any atom is 0.329 e. The summed E-state index contributed by atoms with van der Waals surface area (Å²) in [5, 5.41) is 10.9. The first kappa shape index (κ1) is 22.1. The van der Waals surface area contributed by atoms with Crippen LogP contribution in [0.4, 0.5) is 25.8 Å². The van der Waals surface area contributed by atoms with E-state index in [4.69, 9.17) is 0 Å². The molecule has 2 saturated heterocycles. The molecule has 2 aliphatic heterocycles. The van der Waals surface area contributed by atoms with Gasteiger partial charge in [0.05, 0.1) is 5.69 Å². The average Bonchev–Trinajstić information content (AvgIpc) is 3.34. The highest BCUT2D eigenvalue weighted by Crippen LogP contribution is 2.24. The molecule has 172 valence electrons. The third-order valence-corrected chi connectivity index (χ3v) is 5.58. The molecule has 2 fully saturated rings. The topological polar surface area (TPSA) is 123 Å². The fourth-order valence-electron chi connectivity index (χ4n) is 3.78. The number of rotatable bonds is 7. The lowest BCUT2D eigenvalue weighted by atomic mass is 10.1. The number of imide groups is 1. The Labute approximate surface area is 191 Å². The Balaban J connectivity index is 1.30. The third-order valence-electron chi connectivity index (χ3n) is 5.58. The zero-order chi connectivity index (χ0) is 23.4. The van der Waals surface area contributed by atoms with Crippen LogP contribution in [0, 0.1) is 0 Å². The van der Waals surface area contributed by atoms with Crippen LogP contribution in [0.5, 0.6) is 0 Å². The smallest absolute Gasteiger partial charge is 0.329 e. The van der Waals surface area contributed by atoms with Crippen LogP contribution in [-0.4, -0.2) is 48.0 Å². The number of anilines is 2. The minimum atomic E-state index is -0.531. The van der Waals surface area contributed by atoms with Gasteiger partial charge in [0.1, 0.15) is 6.04 Å². The van der Waals surface area contributed by atoms with Crippen LogP contribution in [0.3, 0.4) is 0 Å². The average molecular weight is 450 g/mol. The van der Waals surface area contributed by atoms with Gasteiger partial charge in [-0.1, -0.05) is 37.3 Å². The molecule has 0 aromatic heterocycles. The predicted octanol–water partition coefficient (Wildman–Crippen LogP) is 2.37. The number of nitrogens with zero attached hydrogens (tertiary/aromatic N) is 2. The van der Waals surface area contributed by atoms with Crippen molar-refractivity contribution < 1.29 is 19.2 Å². The molecule has 33 heavy (non-hydrogen) atoms. The molecule has 0 aliphatic carbocycles. The second-order valence-corrected chi connectivity index (χ2v) is 7.91. The molecule has 4 rings (SSSR count). The second-order valence-electron chi connectivity index (χ2n) is 7.91. The van der Waals surface area contributed by atoms with Gasteiger partial charge in [0.25, 0.3) is 5.91 Å². The van der Waals surface area contributed by atoms with E-state index in [1.54, 1.807) is 29.2 Å². The van der Waals surface area contributed by atoms with Crippen molar-refractivity contribution in [3.8, 4) is 0 Å². The van der Waals surface area contributed by atoms with E-state index in [-0.39, 0.29) is 11.9 Å². The maximum absolute atomic E-state index is 12.4. The van der Waals surface area contributed by atoms with Crippen LogP contribution in [0.25, 0.3) is 0 Å². The van der Waals surface area contributed by atoms with E-state index in [2.05, 4.69) is 21.3 Å². The highest BCUT2D eigenvalue weighted by Gasteiger charge is 2.37. The molecule has 2 aliphatic rings. The van der Waals surface area contributed by atoms with Gasteiger partial charge in [0, 0.05) is 31.9 Å². The molecule has 0 radical (unpaired) electrons. The minimum Gasteiger partial charge on any atom is -0.336 e. The molecular formula is C23H26N6O4. The Kier molecular flexibility index (Phi) is 6.43. The van der Waals surface area contributed by atoms with Crippen molar-refractivity contribution in [2.45, 2.75) is 32.5 Å². The highest BCUT2D eigenvalue weighted by atomic mass is 16.2. The zero-order valence-corrected chi connectivity index (χ0v) is 18.3. The molecule has 1 unspecified atom stereocenters. The summed E-state index contributed by atoms with van der Waals surface area (Å²) in [4.78, 5) is 51.4. The lowest BCUT2D eigenvalue weighted by Gasteiger charge is -2.15. The van der Waals surface area contributed by atoms with Gasteiger partial charge >= 0.3 is 18.1 Å². The Morgan fingerprint density at radius 1 is 1.06 bits per heavy atom. The number of benzene rings is 2. The van der Waals surface area contributed by atoms with Crippen molar-refractivity contribution in [1.82, 2.24) is 20.9 Å². The molecule has 0 bridgehead atoms. The summed E-state index contributed by atoms with van der Waals surface area (Å²) in [6.07, 6.45) is 0.510. The van der Waals surface area contributed by atoms with E-state index in [1.807, 2.05) is 31.2 Å². The van der Waals surface area contributed by atoms with E-state index in [1.165, 1.54) is 0 Å². The van der Waals surface area contributed by atoms with Gasteiger partial charge in [-0.25, -0.2) is 19.3 Å². The van der Waals surface area contributed by atoms with Crippen LogP contribution in [0.1, 0.15) is 24.5 Å². The monoisotopic (exact) mass is 450 g/mol. The number of carbonyl (C=O) groups is 4. The van der Waals surface area contributed by atoms with Crippen molar-refractivity contribution in [2.24, 2.45) is 0 Å². The summed E-state index contributed by atoms with van der Waals surface area (Å²) in [6.45, 7) is 4.06. The van der Waals surface area contributed by atoms with Gasteiger partial charge in [-0.05, 0) is 35.7 Å². The van der Waals surface area contributed by atoms with Gasteiger partial charge in [0.2, 0.25) is 0 Å². The van der Waals surface area contributed by atoms with Gasteiger partial charge in [-0.3, -0.25) is 4.79 Å². The molecule has 2 heterocycles. The first-order valence-corrected chi connectivity index (χ1v) is 10.8. The van der Waals surface area contributed by atoms with Gasteiger partial charge < -0.3 is 26.2 Å². The minimum absolute atomic E-state index is 0.0543. The lowest BCUT2D eigenvalue weighted by Crippen LogP contribution is -2.31. The normalized spacial score (nSPS) is 17.7. The van der Waals surface area contributed by atoms with E-state index >= 15 is 0 Å². The Bertz CT molecular complexity index is 1070. The van der Waals surface area contributed by atoms with E-state index in [0.717, 1.165) is 16.0 Å². The molecule has 0 saturated carbocycles. The molecule has 1 atom stereocenters. The first-order valence-electron chi connectivity index (χ1n) is 10.8. The quantitative estimate of drug-likeness (QED) is 0.484. The molecule has 2 aromatic carbocycles. The van der Waals surface area contributed by atoms with Crippen molar-refractivity contribution in [3.63, 3.8) is 0 Å². The summed E-state index contributed by atoms with van der Waals surface area (Å²) in [5.74, 6) is -0.307. The lowest BCUT2D eigenvalue weighted by molar-refractivity contribution is -0.118. The zero-order valence-electron chi connectivity index (χ0n) is 18.3. The molecule has 7 amide bonds. The highest BCUT2D eigenvalue weighted by molar-refractivity contribution is 6.21. The largest absolute Gasteiger partial charge is 0.336 e. The Morgan fingerprint density at radius 3 is 2.48 bits per heavy atom. The predicted molar refractivity (Wildman–Crippen MR) is 123 cm³/mol. The fraction of sp³-hybridized carbons (Fsp3) is 0.304. The van der Waals surface area contributed by atoms with Crippen LogP contribution in [0.2, 0.25) is 0 Å². The van der Waals surface area contributed by atoms with E-state index in [0.29, 0.717) is 44.0 Å². The van der Waals surface area contributed by atoms with Crippen LogP contribution >= 0.6 is 0 Å². The third kappa shape index (κ3) is 5.05. The Hall–Kier alpha value is -4.08. The number of hydrogen-bond donors (Lipinski definition) is 4. The summed E-state index contributed by atoms with van der Waals surface area (Å²) in [6, 6.07) is 12.8. The van der Waals surface area contributed by atoms with Crippen LogP contribution in [0.15, 0.2) is 48.5 Å². The molecular weight excluding hydrogens is 424 g/mol. The molecule has 0 spiro atoms. The summed E-state index contributed by atoms with van der Waals surface area (Å²) < 4.78 is 0. The summed E-state index contributed by atoms with van der Waals surface area (Å²) in [7, 11) is 0. The van der Waals surface area contributed by atoms with Crippen LogP contribution in [-0.2, 0) is 17.9 Å². The van der Waals surface area contributed by atoms with Crippen molar-refractivity contribution in [1.29, 1.82) is 0 Å². The van der Waals surface area contributed by atoms with Gasteiger partial charge in [0.15, 0.2) is 0 Å². The van der Waals surface area contributed by atoms with Gasteiger partial charge in [-0.2, -0.15) is 0 Å². The Morgan fingerprint density at radius 2 is 1.82 bits per heavy atom. The SMILES string of the molecule is CCC1NC(=O)N(c2cccc(NC(=O)NCc3ccc(CN4CCNC4=O)cc3)c2)C1=O. The number of amides is 7. The number of urea groups is 3. The second kappa shape index (κ2) is 9.60. The van der Waals surface area contributed by atoms with Crippen molar-refractivity contribution in [3.05, 3.63) is 59.7 Å². The fourth-order valence-corrected chi connectivity index (χ4v) is 3.78. The number of carbonyl (C=O) groups excluding carboxylic acids is 4. The van der Waals surface area contributed by atoms with Gasteiger partial charge in [-0.15, -0.1) is 0 Å². The molecule has 4 N–H and O–H groups in total. The van der Waals surface area contributed by atoms with Crippen LogP contribution < -0.4 is 26.2 Å². The molecule has 10 nitrogen and oxygen atoms in total. The van der Waals surface area contributed by atoms with E-state index in [9.17, 15) is 19.2 Å². The van der Waals surface area contributed by atoms with Crippen molar-refractivity contribution in [2.75, 3.05) is 23.3 Å². The van der Waals surface area contributed by atoms with E-state index < -0.39 is 18.1 Å². The molecule has 2 aromatic rings. The standard InChI is InChI=1S/C23H26N6O4/c1-2-19-20(30)29(23(33)27-19)18-5-3-4-17(12-18)26-21(31)25-13-15-6-8-16(9-7-15)14-28-11-10-24-22(28)32/h3-9,12,19H,2,10-11,13-14H2,1H3,(H,24,32)(H,27,33)(H2,25,26,31). The maximum atomic E-state index is 12.4. The first-order chi connectivity index (χ1) is 15.9. The summed E-state index contributed by atoms with van der Waals surface area (Å²) in [5.41, 5.74) is 2.79. The van der Waals surface area contributed by atoms with Crippen molar-refractivity contribution >= 4 is 35.4 Å².